The first kappa shape index (κ1) is 20.1. The summed E-state index contributed by atoms with van der Waals surface area (Å²) in [5.74, 6) is -0.822. The van der Waals surface area contributed by atoms with Crippen molar-refractivity contribution in [1.29, 1.82) is 0 Å². The molecule has 0 rings (SSSR count). The number of carbonyl (C=O) groups is 2. The van der Waals surface area contributed by atoms with Gasteiger partial charge in [-0.2, -0.15) is 0 Å². The summed E-state index contributed by atoms with van der Waals surface area (Å²) < 4.78 is 4.45. The first-order chi connectivity index (χ1) is 5.20. The van der Waals surface area contributed by atoms with Gasteiger partial charge >= 0.3 is 87.4 Å². The van der Waals surface area contributed by atoms with Gasteiger partial charge < -0.3 is 10.4 Å². The molecule has 0 amide bonds. The Bertz CT molecular complexity index is 146. The first-order valence-electron chi connectivity index (χ1n) is 3.94. The van der Waals surface area contributed by atoms with E-state index < -0.39 is 11.9 Å². The molecule has 0 aromatic carbocycles. The van der Waals surface area contributed by atoms with Gasteiger partial charge in [0.25, 0.3) is 0 Å². The molecule has 0 fully saturated rings. The van der Waals surface area contributed by atoms with E-state index in [0.717, 1.165) is 12.8 Å². The van der Waals surface area contributed by atoms with Gasteiger partial charge in [-0.1, -0.05) is 13.8 Å². The van der Waals surface area contributed by atoms with Crippen LogP contribution in [-0.2, 0) is 14.3 Å². The SMILES string of the molecule is CCCC(=O)OC(=O)CCC.[Ca+2].[Ca+2].[H-].[H-].[H-].[H-]. The van der Waals surface area contributed by atoms with E-state index in [1.807, 2.05) is 13.8 Å². The minimum atomic E-state index is -0.411. The average Bonchev–Trinajstić information content (AvgIpc) is 1.87. The van der Waals surface area contributed by atoms with Gasteiger partial charge in [-0.05, 0) is 12.8 Å². The Morgan fingerprint density at radius 3 is 1.54 bits per heavy atom. The van der Waals surface area contributed by atoms with Gasteiger partial charge in [0.15, 0.2) is 0 Å². The van der Waals surface area contributed by atoms with Crippen LogP contribution in [0.3, 0.4) is 0 Å². The third-order valence-electron chi connectivity index (χ3n) is 1.14. The predicted molar refractivity (Wildman–Crippen MR) is 56.9 cm³/mol. The minimum absolute atomic E-state index is 0. The zero-order valence-corrected chi connectivity index (χ0v) is 12.9. The van der Waals surface area contributed by atoms with Crippen molar-refractivity contribution < 1.29 is 20.0 Å². The number of rotatable bonds is 4. The molecular formula is C8H18Ca2O3. The van der Waals surface area contributed by atoms with Crippen LogP contribution in [0.25, 0.3) is 0 Å². The van der Waals surface area contributed by atoms with Crippen molar-refractivity contribution >= 4 is 87.4 Å². The maximum absolute atomic E-state index is 10.7. The first-order valence-corrected chi connectivity index (χ1v) is 3.94. The summed E-state index contributed by atoms with van der Waals surface area (Å²) in [7, 11) is 0. The number of esters is 2. The van der Waals surface area contributed by atoms with Gasteiger partial charge in [0.1, 0.15) is 0 Å². The van der Waals surface area contributed by atoms with Crippen molar-refractivity contribution in [3.05, 3.63) is 0 Å². The number of carbonyl (C=O) groups excluding carboxylic acids is 2. The standard InChI is InChI=1S/C8H14O3.2Ca.4H/c1-3-5-7(9)11-8(10)6-4-2;;;;;;/h3-6H2,1-2H3;;;;;;/q;2*+2;4*-1. The molecule has 0 aromatic heterocycles. The predicted octanol–water partition coefficient (Wildman–Crippen LogP) is 1.34. The van der Waals surface area contributed by atoms with Crippen LogP contribution in [-0.4, -0.2) is 87.4 Å². The normalized spacial score (nSPS) is 7.85. The molecule has 0 saturated heterocycles. The van der Waals surface area contributed by atoms with Crippen molar-refractivity contribution in [3.8, 4) is 0 Å². The Hall–Kier alpha value is 1.66. The summed E-state index contributed by atoms with van der Waals surface area (Å²) in [5, 5.41) is 0. The van der Waals surface area contributed by atoms with Crippen LogP contribution in [0.1, 0.15) is 45.2 Å². The van der Waals surface area contributed by atoms with Crippen LogP contribution in [0.4, 0.5) is 0 Å². The summed E-state index contributed by atoms with van der Waals surface area (Å²) in [6, 6.07) is 0. The van der Waals surface area contributed by atoms with Gasteiger partial charge in [-0.15, -0.1) is 0 Å². The number of hydrogen-bond donors (Lipinski definition) is 0. The summed E-state index contributed by atoms with van der Waals surface area (Å²) >= 11 is 0. The Morgan fingerprint density at radius 2 is 1.31 bits per heavy atom. The largest absolute Gasteiger partial charge is 2.00 e. The molecule has 0 heterocycles. The Morgan fingerprint density at radius 1 is 1.00 bits per heavy atom. The zero-order valence-electron chi connectivity index (χ0n) is 12.5. The van der Waals surface area contributed by atoms with E-state index in [0.29, 0.717) is 12.8 Å². The average molecular weight is 242 g/mol. The molecule has 0 aliphatic rings. The van der Waals surface area contributed by atoms with Crippen LogP contribution in [0.2, 0.25) is 0 Å². The second-order valence-electron chi connectivity index (χ2n) is 2.35. The van der Waals surface area contributed by atoms with Crippen LogP contribution in [0.5, 0.6) is 0 Å². The van der Waals surface area contributed by atoms with E-state index in [1.165, 1.54) is 0 Å². The molecule has 0 radical (unpaired) electrons. The molecule has 72 valence electrons. The van der Waals surface area contributed by atoms with E-state index in [-0.39, 0.29) is 81.2 Å². The molecular weight excluding hydrogens is 224 g/mol. The van der Waals surface area contributed by atoms with E-state index >= 15 is 0 Å². The fourth-order valence-corrected chi connectivity index (χ4v) is 0.637. The molecule has 0 saturated carbocycles. The van der Waals surface area contributed by atoms with Crippen LogP contribution < -0.4 is 0 Å². The Labute approximate surface area is 145 Å². The molecule has 5 heteroatoms. The monoisotopic (exact) mass is 242 g/mol. The molecule has 0 aromatic rings. The molecule has 0 bridgehead atoms. The molecule has 13 heavy (non-hydrogen) atoms. The molecule has 3 nitrogen and oxygen atoms in total. The van der Waals surface area contributed by atoms with E-state index in [2.05, 4.69) is 4.74 Å². The summed E-state index contributed by atoms with van der Waals surface area (Å²) in [6.45, 7) is 3.73. The molecule has 0 N–H and O–H groups in total. The molecule has 0 spiro atoms. The fourth-order valence-electron chi connectivity index (χ4n) is 0.637. The second kappa shape index (κ2) is 13.7. The molecule has 0 aliphatic carbocycles. The van der Waals surface area contributed by atoms with E-state index in [9.17, 15) is 9.59 Å². The minimum Gasteiger partial charge on any atom is -1.00 e. The van der Waals surface area contributed by atoms with Crippen molar-refractivity contribution in [2.24, 2.45) is 0 Å². The second-order valence-corrected chi connectivity index (χ2v) is 2.35. The van der Waals surface area contributed by atoms with Crippen LogP contribution in [0.15, 0.2) is 0 Å². The van der Waals surface area contributed by atoms with Gasteiger partial charge in [-0.3, -0.25) is 9.59 Å². The molecule has 0 aliphatic heterocycles. The molecule has 0 unspecified atom stereocenters. The van der Waals surface area contributed by atoms with Crippen LogP contribution >= 0.6 is 0 Å². The quantitative estimate of drug-likeness (QED) is 0.424. The fraction of sp³-hybridized carbons (Fsp3) is 0.750. The van der Waals surface area contributed by atoms with Crippen molar-refractivity contribution in [1.82, 2.24) is 0 Å². The number of hydrogen-bond acceptors (Lipinski definition) is 3. The Balaban J connectivity index is -0.0000000333. The van der Waals surface area contributed by atoms with Gasteiger partial charge in [0, 0.05) is 12.8 Å². The van der Waals surface area contributed by atoms with Crippen molar-refractivity contribution in [2.45, 2.75) is 39.5 Å². The number of ether oxygens (including phenoxy) is 1. The van der Waals surface area contributed by atoms with Crippen molar-refractivity contribution in [3.63, 3.8) is 0 Å². The molecule has 0 atom stereocenters. The van der Waals surface area contributed by atoms with Gasteiger partial charge in [0.05, 0.1) is 0 Å². The van der Waals surface area contributed by atoms with E-state index in [1.54, 1.807) is 0 Å². The van der Waals surface area contributed by atoms with E-state index in [4.69, 9.17) is 0 Å². The maximum atomic E-state index is 10.7. The smallest absolute Gasteiger partial charge is 1.00 e. The summed E-state index contributed by atoms with van der Waals surface area (Å²) in [4.78, 5) is 21.4. The topological polar surface area (TPSA) is 43.4 Å². The zero-order chi connectivity index (χ0) is 8.69. The third-order valence-corrected chi connectivity index (χ3v) is 1.14. The van der Waals surface area contributed by atoms with Crippen molar-refractivity contribution in [2.75, 3.05) is 0 Å². The summed E-state index contributed by atoms with van der Waals surface area (Å²) in [5.41, 5.74) is 0. The maximum Gasteiger partial charge on any atom is 2.00 e. The summed E-state index contributed by atoms with van der Waals surface area (Å²) in [6.07, 6.45) is 2.10. The van der Waals surface area contributed by atoms with Gasteiger partial charge in [-0.25, -0.2) is 0 Å². The van der Waals surface area contributed by atoms with Gasteiger partial charge in [0.2, 0.25) is 0 Å². The van der Waals surface area contributed by atoms with Crippen LogP contribution in [0, 0.1) is 0 Å². The third kappa shape index (κ3) is 13.7. The Kier molecular flexibility index (Phi) is 21.1.